The number of allylic oxidation sites excluding steroid dienone is 2. The Labute approximate surface area is 195 Å². The second kappa shape index (κ2) is 9.41. The molecule has 0 spiro atoms. The number of ether oxygens (including phenoxy) is 1. The molecule has 2 amide bonds. The molecule has 3 heterocycles. The van der Waals surface area contributed by atoms with E-state index in [2.05, 4.69) is 26.0 Å². The monoisotopic (exact) mass is 469 g/mol. The van der Waals surface area contributed by atoms with E-state index < -0.39 is 11.7 Å². The summed E-state index contributed by atoms with van der Waals surface area (Å²) in [6.45, 7) is 8.95. The molecule has 0 radical (unpaired) electrons. The summed E-state index contributed by atoms with van der Waals surface area (Å²) in [7, 11) is 1.79. The number of rotatable bonds is 6. The Bertz CT molecular complexity index is 1250. The first-order valence-corrected chi connectivity index (χ1v) is 11.0. The highest BCUT2D eigenvalue weighted by molar-refractivity contribution is 7.19. The molecule has 0 atom stereocenters. The van der Waals surface area contributed by atoms with Gasteiger partial charge in [0, 0.05) is 30.7 Å². The van der Waals surface area contributed by atoms with Gasteiger partial charge in [0.15, 0.2) is 0 Å². The van der Waals surface area contributed by atoms with Crippen molar-refractivity contribution >= 4 is 51.3 Å². The molecule has 0 saturated carbocycles. The van der Waals surface area contributed by atoms with Gasteiger partial charge in [-0.1, -0.05) is 0 Å². The number of hydrogen-bond donors (Lipinski definition) is 4. The maximum absolute atomic E-state index is 13.0. The van der Waals surface area contributed by atoms with Crippen molar-refractivity contribution in [1.82, 2.24) is 19.9 Å². The molecule has 3 aromatic rings. The van der Waals surface area contributed by atoms with Crippen LogP contribution in [0, 0.1) is 12.3 Å². The zero-order valence-electron chi connectivity index (χ0n) is 19.4. The van der Waals surface area contributed by atoms with Crippen LogP contribution in [0.5, 0.6) is 0 Å². The number of carbonyl (C=O) groups is 2. The van der Waals surface area contributed by atoms with Crippen molar-refractivity contribution in [2.45, 2.75) is 40.2 Å². The van der Waals surface area contributed by atoms with E-state index in [-0.39, 0.29) is 5.91 Å². The van der Waals surface area contributed by atoms with Gasteiger partial charge in [-0.15, -0.1) is 11.3 Å². The van der Waals surface area contributed by atoms with Crippen LogP contribution in [-0.4, -0.2) is 45.5 Å². The first-order chi connectivity index (χ1) is 15.5. The summed E-state index contributed by atoms with van der Waals surface area (Å²) in [5.41, 5.74) is 2.76. The minimum atomic E-state index is -0.634. The van der Waals surface area contributed by atoms with E-state index in [1.165, 1.54) is 29.9 Å². The average molecular weight is 470 g/mol. The average Bonchev–Trinajstić information content (AvgIpc) is 3.30. The molecule has 0 aliphatic carbocycles. The lowest BCUT2D eigenvalue weighted by Gasteiger charge is -2.19. The molecule has 0 aliphatic rings. The van der Waals surface area contributed by atoms with Crippen molar-refractivity contribution in [3.8, 4) is 0 Å². The highest BCUT2D eigenvalue weighted by atomic mass is 32.1. The third-order valence-corrected chi connectivity index (χ3v) is 5.76. The summed E-state index contributed by atoms with van der Waals surface area (Å²) in [6, 6.07) is 1.62. The van der Waals surface area contributed by atoms with Crippen molar-refractivity contribution in [2.24, 2.45) is 0 Å². The van der Waals surface area contributed by atoms with Crippen molar-refractivity contribution < 1.29 is 14.3 Å². The third-order valence-electron chi connectivity index (χ3n) is 4.61. The fourth-order valence-electron chi connectivity index (χ4n) is 2.90. The van der Waals surface area contributed by atoms with Gasteiger partial charge in [-0.3, -0.25) is 15.1 Å². The van der Waals surface area contributed by atoms with E-state index in [9.17, 15) is 9.59 Å². The molecular weight excluding hydrogens is 442 g/mol. The van der Waals surface area contributed by atoms with Crippen molar-refractivity contribution in [3.05, 3.63) is 46.5 Å². The van der Waals surface area contributed by atoms with Crippen LogP contribution in [0.4, 0.5) is 16.2 Å². The van der Waals surface area contributed by atoms with E-state index in [1.807, 2.05) is 6.92 Å². The SMILES string of the molecule is CN/C(C)=C(\C=N)c1cn2ncc(C(=O)Nc3cc(NC(=O)OC(C)(C)C)cnc3C)c2s1. The minimum Gasteiger partial charge on any atom is -0.444 e. The molecule has 0 saturated heterocycles. The summed E-state index contributed by atoms with van der Waals surface area (Å²) in [5, 5.41) is 20.5. The number of thiazole rings is 1. The largest absolute Gasteiger partial charge is 0.444 e. The van der Waals surface area contributed by atoms with E-state index in [1.54, 1.807) is 51.5 Å². The van der Waals surface area contributed by atoms with Gasteiger partial charge in [0.05, 0.1) is 39.9 Å². The lowest BCUT2D eigenvalue weighted by molar-refractivity contribution is 0.0635. The van der Waals surface area contributed by atoms with Crippen LogP contribution in [0.2, 0.25) is 0 Å². The predicted octanol–water partition coefficient (Wildman–Crippen LogP) is 4.30. The molecule has 10 nitrogen and oxygen atoms in total. The molecule has 3 rings (SSSR count). The molecule has 0 fully saturated rings. The number of aryl methyl sites for hydroxylation is 1. The Morgan fingerprint density at radius 2 is 1.97 bits per heavy atom. The van der Waals surface area contributed by atoms with Crippen LogP contribution < -0.4 is 16.0 Å². The van der Waals surface area contributed by atoms with Gasteiger partial charge in [-0.05, 0) is 40.7 Å². The van der Waals surface area contributed by atoms with Crippen LogP contribution >= 0.6 is 11.3 Å². The number of aromatic nitrogens is 3. The Morgan fingerprint density at radius 3 is 2.61 bits per heavy atom. The molecule has 33 heavy (non-hydrogen) atoms. The Kier molecular flexibility index (Phi) is 6.82. The minimum absolute atomic E-state index is 0.358. The summed E-state index contributed by atoms with van der Waals surface area (Å²) in [4.78, 5) is 30.8. The number of hydrogen-bond acceptors (Lipinski definition) is 8. The molecular formula is C22H27N7O3S. The lowest BCUT2D eigenvalue weighted by atomic mass is 10.2. The number of carbonyl (C=O) groups excluding carboxylic acids is 2. The third kappa shape index (κ3) is 5.55. The fraction of sp³-hybridized carbons (Fsp3) is 0.318. The first kappa shape index (κ1) is 23.9. The molecule has 0 bridgehead atoms. The highest BCUT2D eigenvalue weighted by Gasteiger charge is 2.20. The van der Waals surface area contributed by atoms with Crippen LogP contribution in [-0.2, 0) is 4.74 Å². The zero-order valence-corrected chi connectivity index (χ0v) is 20.2. The normalized spacial score (nSPS) is 12.2. The van der Waals surface area contributed by atoms with Gasteiger partial charge in [-0.2, -0.15) is 5.10 Å². The summed E-state index contributed by atoms with van der Waals surface area (Å²) < 4.78 is 6.87. The molecule has 11 heteroatoms. The quantitative estimate of drug-likeness (QED) is 0.398. The smallest absolute Gasteiger partial charge is 0.412 e. The maximum atomic E-state index is 13.0. The predicted molar refractivity (Wildman–Crippen MR) is 130 cm³/mol. The lowest BCUT2D eigenvalue weighted by Crippen LogP contribution is -2.27. The highest BCUT2D eigenvalue weighted by Crippen LogP contribution is 2.28. The molecule has 3 aromatic heterocycles. The summed E-state index contributed by atoms with van der Waals surface area (Å²) >= 11 is 1.37. The zero-order chi connectivity index (χ0) is 24.3. The van der Waals surface area contributed by atoms with E-state index in [4.69, 9.17) is 10.1 Å². The number of anilines is 2. The summed E-state index contributed by atoms with van der Waals surface area (Å²) in [6.07, 6.45) is 5.44. The first-order valence-electron chi connectivity index (χ1n) is 10.2. The maximum Gasteiger partial charge on any atom is 0.412 e. The van der Waals surface area contributed by atoms with Crippen molar-refractivity contribution in [2.75, 3.05) is 17.7 Å². The molecule has 4 N–H and O–H groups in total. The molecule has 0 aromatic carbocycles. The second-order valence-electron chi connectivity index (χ2n) is 8.27. The van der Waals surface area contributed by atoms with Crippen molar-refractivity contribution in [1.29, 1.82) is 5.41 Å². The standard InChI is InChI=1S/C22H27N7O3S/c1-12(24-6)15(8-23)18-11-29-20(33-18)16(10-26-29)19(30)28-17-7-14(9-25-13(17)2)27-21(31)32-22(3,4)5/h7-11,23-24H,1-6H3,(H,27,31)(H,28,30)/b15-12+,23-8?. The topological polar surface area (TPSA) is 134 Å². The van der Waals surface area contributed by atoms with Gasteiger partial charge in [0.2, 0.25) is 0 Å². The Hall–Kier alpha value is -3.73. The Morgan fingerprint density at radius 1 is 1.24 bits per heavy atom. The van der Waals surface area contributed by atoms with Crippen LogP contribution in [0.15, 0.2) is 30.4 Å². The molecule has 0 unspecified atom stereocenters. The van der Waals surface area contributed by atoms with Crippen LogP contribution in [0.3, 0.4) is 0 Å². The Balaban J connectivity index is 1.84. The van der Waals surface area contributed by atoms with Gasteiger partial charge in [-0.25, -0.2) is 9.31 Å². The van der Waals surface area contributed by atoms with E-state index in [0.717, 1.165) is 16.1 Å². The van der Waals surface area contributed by atoms with Gasteiger partial charge >= 0.3 is 6.09 Å². The van der Waals surface area contributed by atoms with Crippen molar-refractivity contribution in [3.63, 3.8) is 0 Å². The van der Waals surface area contributed by atoms with Gasteiger partial charge < -0.3 is 20.8 Å². The number of pyridine rings is 1. The molecule has 174 valence electrons. The van der Waals surface area contributed by atoms with E-state index in [0.29, 0.717) is 27.5 Å². The van der Waals surface area contributed by atoms with Gasteiger partial charge in [0.1, 0.15) is 10.4 Å². The fourth-order valence-corrected chi connectivity index (χ4v) is 4.04. The van der Waals surface area contributed by atoms with Crippen LogP contribution in [0.1, 0.15) is 48.6 Å². The van der Waals surface area contributed by atoms with E-state index >= 15 is 0 Å². The number of nitrogens with one attached hydrogen (secondary N) is 4. The second-order valence-corrected chi connectivity index (χ2v) is 9.31. The van der Waals surface area contributed by atoms with Crippen LogP contribution in [0.25, 0.3) is 10.4 Å². The number of fused-ring (bicyclic) bond motifs is 1. The van der Waals surface area contributed by atoms with Gasteiger partial charge in [0.25, 0.3) is 5.91 Å². The number of nitrogens with zero attached hydrogens (tertiary/aromatic N) is 3. The summed E-state index contributed by atoms with van der Waals surface area (Å²) in [5.74, 6) is -0.358. The number of amides is 2. The molecule has 0 aliphatic heterocycles.